The molecule has 3 heteroatoms. The molecule has 2 unspecified atom stereocenters. The minimum atomic E-state index is -0.177. The van der Waals surface area contributed by atoms with Gasteiger partial charge in [-0.15, -0.1) is 0 Å². The molecule has 0 saturated carbocycles. The van der Waals surface area contributed by atoms with Crippen LogP contribution in [0.1, 0.15) is 139 Å². The van der Waals surface area contributed by atoms with Crippen LogP contribution >= 0.6 is 0 Å². The van der Waals surface area contributed by atoms with Crippen LogP contribution in [0.25, 0.3) is 0 Å². The fraction of sp³-hybridized carbons (Fsp3) is 0.133. The van der Waals surface area contributed by atoms with Gasteiger partial charge in [0.05, 0.1) is 23.5 Å². The second-order valence-corrected chi connectivity index (χ2v) is 20.9. The molecule has 0 bridgehead atoms. The van der Waals surface area contributed by atoms with E-state index in [4.69, 9.17) is 4.98 Å². The third-order valence-electron chi connectivity index (χ3n) is 15.4. The lowest BCUT2D eigenvalue weighted by atomic mass is 9.78. The number of nitrogens with one attached hydrogen (secondary N) is 2. The summed E-state index contributed by atoms with van der Waals surface area (Å²) in [5.74, 6) is -0.165. The number of hydrogen-bond donors (Lipinski definition) is 2. The number of rotatable bonds is 18. The average molecular weight is 1010 g/mol. The van der Waals surface area contributed by atoms with Gasteiger partial charge in [0, 0.05) is 35.0 Å². The Hall–Kier alpha value is -9.05. The number of aromatic nitrogens is 1. The molecular weight excluding hydrogens is 943 g/mol. The molecule has 0 spiro atoms. The molecule has 11 aromatic rings. The van der Waals surface area contributed by atoms with Crippen molar-refractivity contribution in [1.29, 1.82) is 0 Å². The molecule has 0 aliphatic rings. The number of aryl methyl sites for hydroxylation is 2. The minimum Gasteiger partial charge on any atom is -0.376 e. The van der Waals surface area contributed by atoms with E-state index in [9.17, 15) is 0 Å². The molecule has 0 aliphatic heterocycles. The predicted molar refractivity (Wildman–Crippen MR) is 326 cm³/mol. The molecule has 11 rings (SSSR count). The first-order valence-corrected chi connectivity index (χ1v) is 27.6. The summed E-state index contributed by atoms with van der Waals surface area (Å²) < 4.78 is 0. The number of anilines is 2. The van der Waals surface area contributed by atoms with Crippen LogP contribution in [0, 0.1) is 13.8 Å². The Balaban J connectivity index is 1.05. The summed E-state index contributed by atoms with van der Waals surface area (Å²) in [6, 6.07) is 104. The van der Waals surface area contributed by atoms with Crippen molar-refractivity contribution in [2.24, 2.45) is 0 Å². The zero-order valence-electron chi connectivity index (χ0n) is 45.0. The largest absolute Gasteiger partial charge is 0.376 e. The Kier molecular flexibility index (Phi) is 15.6. The van der Waals surface area contributed by atoms with E-state index in [1.807, 2.05) is 0 Å². The number of benzene rings is 10. The van der Waals surface area contributed by atoms with E-state index in [1.54, 1.807) is 0 Å². The van der Waals surface area contributed by atoms with Crippen LogP contribution in [0.3, 0.4) is 0 Å². The van der Waals surface area contributed by atoms with Crippen LogP contribution in [0.15, 0.2) is 285 Å². The highest BCUT2D eigenvalue weighted by Gasteiger charge is 2.31. The molecule has 1 heterocycles. The maximum Gasteiger partial charge on any atom is 0.0657 e. The summed E-state index contributed by atoms with van der Waals surface area (Å²) in [6.45, 7) is 9.02. The fourth-order valence-electron chi connectivity index (χ4n) is 11.8. The maximum absolute atomic E-state index is 5.64. The lowest BCUT2D eigenvalue weighted by Gasteiger charge is -2.31. The minimum absolute atomic E-state index is 0.0411. The highest BCUT2D eigenvalue weighted by atomic mass is 15.0. The molecule has 2 N–H and O–H groups in total. The summed E-state index contributed by atoms with van der Waals surface area (Å²) in [7, 11) is 0. The van der Waals surface area contributed by atoms with Gasteiger partial charge in [0.15, 0.2) is 0 Å². The van der Waals surface area contributed by atoms with Gasteiger partial charge in [-0.2, -0.15) is 0 Å². The first-order chi connectivity index (χ1) is 38.4. The summed E-state index contributed by atoms with van der Waals surface area (Å²) in [6.07, 6.45) is 0. The van der Waals surface area contributed by atoms with Crippen molar-refractivity contribution in [3.8, 4) is 0 Å². The molecule has 78 heavy (non-hydrogen) atoms. The summed E-state index contributed by atoms with van der Waals surface area (Å²) >= 11 is 0. The SMILES string of the molecule is Cc1cc(C(c2ccccc2)c2ccccc2)c(NC(C)c2cccc(C(C)Nc3c(C(c4ccccc4)c4ccccc4)cc(C)cc3C(c3ccccc3)c3ccccc3)n2)c(C(c2ccccc2)c2ccccc2)c1. The van der Waals surface area contributed by atoms with Crippen LogP contribution in [-0.2, 0) is 0 Å². The molecule has 0 fully saturated rings. The summed E-state index contributed by atoms with van der Waals surface area (Å²) in [5.41, 5.74) is 21.5. The molecule has 382 valence electrons. The molecule has 1 aromatic heterocycles. The average Bonchev–Trinajstić information content (AvgIpc) is 3.52. The van der Waals surface area contributed by atoms with Gasteiger partial charge in [0.25, 0.3) is 0 Å². The first-order valence-electron chi connectivity index (χ1n) is 27.6. The van der Waals surface area contributed by atoms with E-state index in [2.05, 4.69) is 323 Å². The van der Waals surface area contributed by atoms with Crippen LogP contribution < -0.4 is 10.6 Å². The van der Waals surface area contributed by atoms with Gasteiger partial charge in [-0.1, -0.05) is 284 Å². The Morgan fingerprint density at radius 3 is 0.641 bits per heavy atom. The van der Waals surface area contributed by atoms with Gasteiger partial charge in [-0.3, -0.25) is 4.98 Å². The topological polar surface area (TPSA) is 37.0 Å². The van der Waals surface area contributed by atoms with Crippen LogP contribution in [-0.4, -0.2) is 4.98 Å². The molecule has 3 nitrogen and oxygen atoms in total. The second-order valence-electron chi connectivity index (χ2n) is 20.9. The molecule has 0 saturated heterocycles. The zero-order chi connectivity index (χ0) is 53.2. The van der Waals surface area contributed by atoms with Gasteiger partial charge in [-0.25, -0.2) is 0 Å². The van der Waals surface area contributed by atoms with Gasteiger partial charge >= 0.3 is 0 Å². The van der Waals surface area contributed by atoms with E-state index in [0.717, 1.165) is 22.8 Å². The third kappa shape index (κ3) is 11.2. The van der Waals surface area contributed by atoms with Crippen molar-refractivity contribution in [3.05, 3.63) is 374 Å². The van der Waals surface area contributed by atoms with E-state index < -0.39 is 0 Å². The molecule has 0 radical (unpaired) electrons. The lowest BCUT2D eigenvalue weighted by Crippen LogP contribution is -2.19. The Morgan fingerprint density at radius 2 is 0.449 bits per heavy atom. The smallest absolute Gasteiger partial charge is 0.0657 e. The predicted octanol–water partition coefficient (Wildman–Crippen LogP) is 18.8. The number of pyridine rings is 1. The number of nitrogens with zero attached hydrogens (tertiary/aromatic N) is 1. The molecule has 10 aromatic carbocycles. The van der Waals surface area contributed by atoms with Crippen molar-refractivity contribution in [2.75, 3.05) is 10.6 Å². The van der Waals surface area contributed by atoms with Crippen molar-refractivity contribution in [2.45, 2.75) is 63.5 Å². The standard InChI is InChI=1S/C75H67N3/c1-52-48-64(70(56-30-13-5-14-31-56)57-32-15-6-16-33-57)74(65(49-52)71(58-34-17-7-18-35-58)59-36-19-8-20-37-59)76-54(3)68-46-29-47-69(78-68)55(4)77-75-66(72(60-38-21-9-22-39-60)61-40-23-10-24-41-61)50-53(2)51-67(75)73(62-42-25-11-26-43-62)63-44-27-12-28-45-63/h5-51,54-55,70-73,76-77H,1-4H3. The van der Waals surface area contributed by atoms with Gasteiger partial charge in [0.2, 0.25) is 0 Å². The van der Waals surface area contributed by atoms with Crippen molar-refractivity contribution in [1.82, 2.24) is 4.98 Å². The van der Waals surface area contributed by atoms with Gasteiger partial charge in [-0.05, 0) is 107 Å². The molecule has 0 aliphatic carbocycles. The Labute approximate surface area is 462 Å². The normalized spacial score (nSPS) is 12.2. The Bertz CT molecular complexity index is 3060. The van der Waals surface area contributed by atoms with Crippen molar-refractivity contribution in [3.63, 3.8) is 0 Å². The van der Waals surface area contributed by atoms with E-state index >= 15 is 0 Å². The fourth-order valence-corrected chi connectivity index (χ4v) is 11.8. The van der Waals surface area contributed by atoms with Crippen LogP contribution in [0.2, 0.25) is 0 Å². The van der Waals surface area contributed by atoms with E-state index in [-0.39, 0.29) is 35.8 Å². The highest BCUT2D eigenvalue weighted by molar-refractivity contribution is 5.71. The molecule has 2 atom stereocenters. The molecular formula is C75H67N3. The highest BCUT2D eigenvalue weighted by Crippen LogP contribution is 2.47. The quantitative estimate of drug-likeness (QED) is 0.0841. The van der Waals surface area contributed by atoms with E-state index in [1.165, 1.54) is 77.9 Å². The maximum atomic E-state index is 5.64. The second kappa shape index (κ2) is 23.9. The lowest BCUT2D eigenvalue weighted by molar-refractivity contribution is 0.772. The Morgan fingerprint density at radius 1 is 0.256 bits per heavy atom. The first kappa shape index (κ1) is 51.1. The molecule has 0 amide bonds. The summed E-state index contributed by atoms with van der Waals surface area (Å²) in [4.78, 5) is 5.64. The van der Waals surface area contributed by atoms with Gasteiger partial charge in [0.1, 0.15) is 0 Å². The van der Waals surface area contributed by atoms with E-state index in [0.29, 0.717) is 0 Å². The number of hydrogen-bond acceptors (Lipinski definition) is 3. The van der Waals surface area contributed by atoms with Crippen molar-refractivity contribution < 1.29 is 0 Å². The third-order valence-corrected chi connectivity index (χ3v) is 15.4. The monoisotopic (exact) mass is 1010 g/mol. The van der Waals surface area contributed by atoms with Crippen molar-refractivity contribution >= 4 is 11.4 Å². The van der Waals surface area contributed by atoms with Crippen LogP contribution in [0.4, 0.5) is 11.4 Å². The van der Waals surface area contributed by atoms with Crippen LogP contribution in [0.5, 0.6) is 0 Å². The van der Waals surface area contributed by atoms with Gasteiger partial charge < -0.3 is 10.6 Å². The summed E-state index contributed by atoms with van der Waals surface area (Å²) in [5, 5.41) is 8.45. The zero-order valence-corrected chi connectivity index (χ0v) is 45.0.